The largest absolute Gasteiger partial charge is 0.301 e. The highest BCUT2D eigenvalue weighted by atomic mass is 79.9. The second kappa shape index (κ2) is 5.93. The van der Waals surface area contributed by atoms with Crippen LogP contribution in [0.1, 0.15) is 5.56 Å². The zero-order chi connectivity index (χ0) is 12.1. The number of halogens is 1. The molecule has 0 fully saturated rings. The molecule has 1 aromatic carbocycles. The first kappa shape index (κ1) is 12.3. The lowest BCUT2D eigenvalue weighted by Crippen LogP contribution is -2.24. The summed E-state index contributed by atoms with van der Waals surface area (Å²) in [5.74, 6) is -0.0659. The number of alkyl halides is 1. The van der Waals surface area contributed by atoms with Gasteiger partial charge in [-0.3, -0.25) is 4.79 Å². The maximum Gasteiger partial charge on any atom is 0.240 e. The van der Waals surface area contributed by atoms with Crippen molar-refractivity contribution in [3.63, 3.8) is 0 Å². The highest BCUT2D eigenvalue weighted by molar-refractivity contribution is 9.10. The van der Waals surface area contributed by atoms with E-state index in [9.17, 15) is 4.79 Å². The Hall–Kier alpha value is -1.20. The molecule has 1 amide bonds. The van der Waals surface area contributed by atoms with E-state index in [1.165, 1.54) is 11.3 Å². The molecule has 0 saturated carbocycles. The number of nitrogens with zero attached hydrogens (tertiary/aromatic N) is 1. The normalized spacial score (nSPS) is 12.1. The average Bonchev–Trinajstić information content (AvgIpc) is 2.83. The fourth-order valence-electron chi connectivity index (χ4n) is 1.38. The summed E-state index contributed by atoms with van der Waals surface area (Å²) in [5.41, 5.74) is 1.13. The number of nitrogens with one attached hydrogen (secondary N) is 1. The van der Waals surface area contributed by atoms with E-state index in [1.807, 2.05) is 35.7 Å². The van der Waals surface area contributed by atoms with Gasteiger partial charge < -0.3 is 5.32 Å². The van der Waals surface area contributed by atoms with E-state index in [2.05, 4.69) is 26.2 Å². The summed E-state index contributed by atoms with van der Waals surface area (Å²) in [4.78, 5) is 15.6. The van der Waals surface area contributed by atoms with E-state index in [0.717, 1.165) is 5.56 Å². The van der Waals surface area contributed by atoms with Gasteiger partial charge in [0, 0.05) is 11.6 Å². The van der Waals surface area contributed by atoms with E-state index in [-0.39, 0.29) is 10.7 Å². The van der Waals surface area contributed by atoms with Crippen molar-refractivity contribution in [1.29, 1.82) is 0 Å². The van der Waals surface area contributed by atoms with Crippen LogP contribution in [-0.4, -0.2) is 15.7 Å². The van der Waals surface area contributed by atoms with E-state index in [1.54, 1.807) is 6.20 Å². The lowest BCUT2D eigenvalue weighted by molar-refractivity contribution is -0.115. The Labute approximate surface area is 112 Å². The number of carbonyl (C=O) groups excluding carboxylic acids is 1. The van der Waals surface area contributed by atoms with Gasteiger partial charge in [-0.25, -0.2) is 4.98 Å². The van der Waals surface area contributed by atoms with Gasteiger partial charge in [-0.05, 0) is 12.0 Å². The van der Waals surface area contributed by atoms with Crippen LogP contribution in [0.2, 0.25) is 0 Å². The molecule has 1 heterocycles. The van der Waals surface area contributed by atoms with Crippen LogP contribution in [0.25, 0.3) is 0 Å². The monoisotopic (exact) mass is 310 g/mol. The molecule has 2 aromatic rings. The van der Waals surface area contributed by atoms with Crippen LogP contribution in [0.3, 0.4) is 0 Å². The van der Waals surface area contributed by atoms with Crippen molar-refractivity contribution >= 4 is 38.3 Å². The Morgan fingerprint density at radius 1 is 1.41 bits per heavy atom. The molecule has 1 N–H and O–H groups in total. The van der Waals surface area contributed by atoms with E-state index >= 15 is 0 Å². The molecule has 0 aliphatic heterocycles. The minimum atomic E-state index is -0.242. The predicted octanol–water partition coefficient (Wildman–Crippen LogP) is 3.09. The number of anilines is 1. The quantitative estimate of drug-likeness (QED) is 0.882. The SMILES string of the molecule is O=C(Nc1nccs1)C(Br)Cc1ccccc1. The van der Waals surface area contributed by atoms with Crippen LogP contribution in [0.5, 0.6) is 0 Å². The molecule has 0 aliphatic rings. The molecule has 3 nitrogen and oxygen atoms in total. The fraction of sp³-hybridized carbons (Fsp3) is 0.167. The molecule has 0 aliphatic carbocycles. The molecule has 17 heavy (non-hydrogen) atoms. The Balaban J connectivity index is 1.92. The van der Waals surface area contributed by atoms with Gasteiger partial charge in [0.2, 0.25) is 5.91 Å². The average molecular weight is 311 g/mol. The molecular weight excluding hydrogens is 300 g/mol. The van der Waals surface area contributed by atoms with Crippen molar-refractivity contribution in [2.45, 2.75) is 11.2 Å². The number of carbonyl (C=O) groups is 1. The van der Waals surface area contributed by atoms with Gasteiger partial charge in [0.15, 0.2) is 5.13 Å². The van der Waals surface area contributed by atoms with Crippen molar-refractivity contribution in [1.82, 2.24) is 4.98 Å². The standard InChI is InChI=1S/C12H11BrN2OS/c13-10(8-9-4-2-1-3-5-9)11(16)15-12-14-6-7-17-12/h1-7,10H,8H2,(H,14,15,16). The Morgan fingerprint density at radius 2 is 2.18 bits per heavy atom. The van der Waals surface area contributed by atoms with Gasteiger partial charge in [0.05, 0.1) is 4.83 Å². The Bertz CT molecular complexity index is 473. The summed E-state index contributed by atoms with van der Waals surface area (Å²) in [6.45, 7) is 0. The van der Waals surface area contributed by atoms with Crippen LogP contribution >= 0.6 is 27.3 Å². The van der Waals surface area contributed by atoms with Gasteiger partial charge in [-0.2, -0.15) is 0 Å². The van der Waals surface area contributed by atoms with Gasteiger partial charge >= 0.3 is 0 Å². The summed E-state index contributed by atoms with van der Waals surface area (Å²) in [6, 6.07) is 9.90. The number of rotatable bonds is 4. The van der Waals surface area contributed by atoms with Crippen LogP contribution in [0, 0.1) is 0 Å². The second-order valence-electron chi connectivity index (χ2n) is 3.48. The first-order valence-corrected chi connectivity index (χ1v) is 6.93. The maximum absolute atomic E-state index is 11.8. The summed E-state index contributed by atoms with van der Waals surface area (Å²) in [6.07, 6.45) is 2.33. The first-order valence-electron chi connectivity index (χ1n) is 5.14. The highest BCUT2D eigenvalue weighted by Gasteiger charge is 2.16. The van der Waals surface area contributed by atoms with Crippen molar-refractivity contribution in [3.05, 3.63) is 47.5 Å². The van der Waals surface area contributed by atoms with Crippen molar-refractivity contribution in [2.75, 3.05) is 5.32 Å². The Morgan fingerprint density at radius 3 is 2.82 bits per heavy atom. The predicted molar refractivity (Wildman–Crippen MR) is 73.6 cm³/mol. The topological polar surface area (TPSA) is 42.0 Å². The van der Waals surface area contributed by atoms with Crippen LogP contribution in [-0.2, 0) is 11.2 Å². The number of hydrogen-bond acceptors (Lipinski definition) is 3. The van der Waals surface area contributed by atoms with Crippen LogP contribution in [0.4, 0.5) is 5.13 Å². The number of benzene rings is 1. The van der Waals surface area contributed by atoms with Gasteiger partial charge in [0.25, 0.3) is 0 Å². The number of hydrogen-bond donors (Lipinski definition) is 1. The van der Waals surface area contributed by atoms with Crippen molar-refractivity contribution in [3.8, 4) is 0 Å². The molecule has 0 radical (unpaired) electrons. The lowest BCUT2D eigenvalue weighted by atomic mass is 10.1. The van der Waals surface area contributed by atoms with Crippen molar-refractivity contribution < 1.29 is 4.79 Å². The minimum absolute atomic E-state index is 0.0659. The lowest BCUT2D eigenvalue weighted by Gasteiger charge is -2.08. The molecule has 1 unspecified atom stereocenters. The summed E-state index contributed by atoms with van der Waals surface area (Å²) in [7, 11) is 0. The van der Waals surface area contributed by atoms with Crippen molar-refractivity contribution in [2.24, 2.45) is 0 Å². The third-order valence-electron chi connectivity index (χ3n) is 2.20. The third-order valence-corrected chi connectivity index (χ3v) is 3.63. The zero-order valence-corrected chi connectivity index (χ0v) is 11.4. The Kier molecular flexibility index (Phi) is 4.28. The molecular formula is C12H11BrN2OS. The number of thiazole rings is 1. The van der Waals surface area contributed by atoms with E-state index < -0.39 is 0 Å². The van der Waals surface area contributed by atoms with E-state index in [4.69, 9.17) is 0 Å². The summed E-state index contributed by atoms with van der Waals surface area (Å²) < 4.78 is 0. The van der Waals surface area contributed by atoms with Gasteiger partial charge in [-0.15, -0.1) is 11.3 Å². The molecule has 5 heteroatoms. The smallest absolute Gasteiger partial charge is 0.240 e. The molecule has 0 spiro atoms. The van der Waals surface area contributed by atoms with Gasteiger partial charge in [-0.1, -0.05) is 46.3 Å². The van der Waals surface area contributed by atoms with Crippen LogP contribution < -0.4 is 5.32 Å². The molecule has 88 valence electrons. The molecule has 2 rings (SSSR count). The number of amides is 1. The fourth-order valence-corrected chi connectivity index (χ4v) is 2.40. The van der Waals surface area contributed by atoms with Gasteiger partial charge in [0.1, 0.15) is 0 Å². The number of aromatic nitrogens is 1. The first-order chi connectivity index (χ1) is 8.25. The molecule has 0 bridgehead atoms. The summed E-state index contributed by atoms with van der Waals surface area (Å²) in [5, 5.41) is 5.22. The molecule has 1 aromatic heterocycles. The minimum Gasteiger partial charge on any atom is -0.301 e. The maximum atomic E-state index is 11.8. The second-order valence-corrected chi connectivity index (χ2v) is 5.48. The molecule has 0 saturated heterocycles. The zero-order valence-electron chi connectivity index (χ0n) is 8.97. The van der Waals surface area contributed by atoms with E-state index in [0.29, 0.717) is 11.6 Å². The third kappa shape index (κ3) is 3.64. The highest BCUT2D eigenvalue weighted by Crippen LogP contribution is 2.15. The molecule has 1 atom stereocenters. The van der Waals surface area contributed by atoms with Crippen LogP contribution in [0.15, 0.2) is 41.9 Å². The summed E-state index contributed by atoms with van der Waals surface area (Å²) >= 11 is 4.80.